The lowest BCUT2D eigenvalue weighted by atomic mass is 10.1. The van der Waals surface area contributed by atoms with Crippen LogP contribution in [0.2, 0.25) is 5.15 Å². The number of alkyl halides is 3. The molecule has 0 aliphatic heterocycles. The van der Waals surface area contributed by atoms with E-state index < -0.39 is 18.1 Å². The van der Waals surface area contributed by atoms with Gasteiger partial charge in [0, 0.05) is 11.4 Å². The molecule has 1 rings (SSSR count). The molecule has 0 N–H and O–H groups in total. The van der Waals surface area contributed by atoms with Crippen LogP contribution in [0.1, 0.15) is 30.2 Å². The average molecular weight is 298 g/mol. The normalized spacial score (nSPS) is 10.8. The molecular formula is C11H11Cl2F2NO2. The van der Waals surface area contributed by atoms with Crippen LogP contribution in [0.3, 0.4) is 0 Å². The average Bonchev–Trinajstić information content (AvgIpc) is 2.31. The zero-order valence-electron chi connectivity index (χ0n) is 9.55. The molecule has 0 saturated carbocycles. The quantitative estimate of drug-likeness (QED) is 0.474. The van der Waals surface area contributed by atoms with Gasteiger partial charge in [-0.15, -0.1) is 11.6 Å². The summed E-state index contributed by atoms with van der Waals surface area (Å²) in [6.45, 7) is 1.90. The Kier molecular flexibility index (Phi) is 5.75. The van der Waals surface area contributed by atoms with E-state index in [4.69, 9.17) is 27.9 Å². The third-order valence-corrected chi connectivity index (χ3v) is 2.78. The molecule has 1 aromatic heterocycles. The highest BCUT2D eigenvalue weighted by Gasteiger charge is 2.18. The Bertz CT molecular complexity index is 441. The van der Waals surface area contributed by atoms with Crippen molar-refractivity contribution in [1.29, 1.82) is 0 Å². The highest BCUT2D eigenvalue weighted by atomic mass is 35.5. The molecule has 0 aliphatic rings. The number of aromatic nitrogens is 1. The molecule has 0 spiro atoms. The lowest BCUT2D eigenvalue weighted by Gasteiger charge is -2.10. The summed E-state index contributed by atoms with van der Waals surface area (Å²) in [4.78, 5) is 14.9. The van der Waals surface area contributed by atoms with Crippen molar-refractivity contribution in [2.75, 3.05) is 6.61 Å². The van der Waals surface area contributed by atoms with Gasteiger partial charge in [-0.25, -0.2) is 13.8 Å². The van der Waals surface area contributed by atoms with E-state index in [1.807, 2.05) is 0 Å². The van der Waals surface area contributed by atoms with Gasteiger partial charge in [-0.2, -0.15) is 0 Å². The Morgan fingerprint density at radius 1 is 1.56 bits per heavy atom. The summed E-state index contributed by atoms with van der Waals surface area (Å²) in [6, 6.07) is 1.15. The molecule has 18 heavy (non-hydrogen) atoms. The topological polar surface area (TPSA) is 39.2 Å². The second-order valence-corrected chi connectivity index (χ2v) is 4.02. The van der Waals surface area contributed by atoms with Crippen molar-refractivity contribution in [3.05, 3.63) is 28.0 Å². The van der Waals surface area contributed by atoms with Crippen LogP contribution < -0.4 is 0 Å². The van der Waals surface area contributed by atoms with Gasteiger partial charge in [0.25, 0.3) is 6.43 Å². The van der Waals surface area contributed by atoms with Crippen LogP contribution in [0.5, 0.6) is 0 Å². The summed E-state index contributed by atoms with van der Waals surface area (Å²) in [7, 11) is 0. The molecule has 0 fully saturated rings. The van der Waals surface area contributed by atoms with Crippen LogP contribution in [0, 0.1) is 0 Å². The van der Waals surface area contributed by atoms with Crippen LogP contribution >= 0.6 is 23.2 Å². The first-order valence-corrected chi connectivity index (χ1v) is 6.08. The number of hydrogen-bond acceptors (Lipinski definition) is 3. The first-order valence-electron chi connectivity index (χ1n) is 5.17. The van der Waals surface area contributed by atoms with Gasteiger partial charge in [0.15, 0.2) is 0 Å². The van der Waals surface area contributed by atoms with Gasteiger partial charge < -0.3 is 4.74 Å². The van der Waals surface area contributed by atoms with E-state index in [1.54, 1.807) is 6.92 Å². The molecule has 0 bridgehead atoms. The first-order chi connectivity index (χ1) is 8.49. The van der Waals surface area contributed by atoms with Gasteiger partial charge >= 0.3 is 5.97 Å². The van der Waals surface area contributed by atoms with Gasteiger partial charge in [0.05, 0.1) is 13.0 Å². The Balaban J connectivity index is 3.07. The number of esters is 1. The fraction of sp³-hybridized carbons (Fsp3) is 0.455. The minimum atomic E-state index is -2.74. The van der Waals surface area contributed by atoms with Gasteiger partial charge in [-0.3, -0.25) is 4.79 Å². The van der Waals surface area contributed by atoms with E-state index in [0.717, 1.165) is 6.07 Å². The van der Waals surface area contributed by atoms with Crippen molar-refractivity contribution >= 4 is 29.2 Å². The van der Waals surface area contributed by atoms with E-state index in [0.29, 0.717) is 11.1 Å². The van der Waals surface area contributed by atoms with Gasteiger partial charge in [0.2, 0.25) is 0 Å². The molecule has 7 heteroatoms. The third kappa shape index (κ3) is 3.78. The number of nitrogens with zero attached hydrogens (tertiary/aromatic N) is 1. The Hall–Kier alpha value is -0.940. The van der Waals surface area contributed by atoms with Crippen LogP contribution in [0.15, 0.2) is 6.07 Å². The smallest absolute Gasteiger partial charge is 0.310 e. The van der Waals surface area contributed by atoms with Crippen molar-refractivity contribution in [3.8, 4) is 0 Å². The van der Waals surface area contributed by atoms with Gasteiger partial charge in [0.1, 0.15) is 10.8 Å². The molecule has 0 atom stereocenters. The summed E-state index contributed by atoms with van der Waals surface area (Å²) < 4.78 is 29.8. The highest BCUT2D eigenvalue weighted by molar-refractivity contribution is 6.30. The molecule has 0 amide bonds. The van der Waals surface area contributed by atoms with Crippen molar-refractivity contribution in [2.24, 2.45) is 0 Å². The van der Waals surface area contributed by atoms with Gasteiger partial charge in [-0.05, 0) is 18.6 Å². The van der Waals surface area contributed by atoms with Crippen molar-refractivity contribution in [1.82, 2.24) is 4.98 Å². The number of carbonyl (C=O) groups excluding carboxylic acids is 1. The fourth-order valence-corrected chi connectivity index (χ4v) is 1.91. The summed E-state index contributed by atoms with van der Waals surface area (Å²) in [5.41, 5.74) is 0.234. The fourth-order valence-electron chi connectivity index (χ4n) is 1.39. The standard InChI is InChI=1S/C11H11Cl2F2NO2/c1-2-18-9(17)4-7-6(5-12)3-8(11(14)15)16-10(7)13/h3,11H,2,4-5H2,1H3. The molecule has 1 aromatic rings. The monoisotopic (exact) mass is 297 g/mol. The lowest BCUT2D eigenvalue weighted by Crippen LogP contribution is -2.11. The molecule has 1 heterocycles. The maximum absolute atomic E-state index is 12.5. The van der Waals surface area contributed by atoms with E-state index in [2.05, 4.69) is 4.98 Å². The number of halogens is 4. The lowest BCUT2D eigenvalue weighted by molar-refractivity contribution is -0.142. The molecular weight excluding hydrogens is 287 g/mol. The second-order valence-electron chi connectivity index (χ2n) is 3.39. The van der Waals surface area contributed by atoms with Crippen molar-refractivity contribution in [3.63, 3.8) is 0 Å². The zero-order chi connectivity index (χ0) is 13.7. The van der Waals surface area contributed by atoms with Crippen LogP contribution in [-0.2, 0) is 21.8 Å². The van der Waals surface area contributed by atoms with Crippen molar-refractivity contribution in [2.45, 2.75) is 25.7 Å². The van der Waals surface area contributed by atoms with Crippen LogP contribution in [-0.4, -0.2) is 17.6 Å². The van der Waals surface area contributed by atoms with E-state index in [9.17, 15) is 13.6 Å². The highest BCUT2D eigenvalue weighted by Crippen LogP contribution is 2.26. The largest absolute Gasteiger partial charge is 0.466 e. The summed E-state index contributed by atoms with van der Waals surface area (Å²) in [5, 5.41) is -0.142. The number of carbonyl (C=O) groups is 1. The molecule has 0 aliphatic carbocycles. The minimum Gasteiger partial charge on any atom is -0.466 e. The summed E-state index contributed by atoms with van der Waals surface area (Å²) >= 11 is 11.4. The Morgan fingerprint density at radius 3 is 2.72 bits per heavy atom. The predicted molar refractivity (Wildman–Crippen MR) is 64.1 cm³/mol. The Morgan fingerprint density at radius 2 is 2.22 bits per heavy atom. The van der Waals surface area contributed by atoms with E-state index in [-0.39, 0.29) is 24.1 Å². The SMILES string of the molecule is CCOC(=O)Cc1c(CCl)cc(C(F)F)nc1Cl. The summed E-state index contributed by atoms with van der Waals surface area (Å²) in [5.74, 6) is -0.533. The third-order valence-electron chi connectivity index (χ3n) is 2.18. The zero-order valence-corrected chi connectivity index (χ0v) is 11.1. The van der Waals surface area contributed by atoms with Crippen molar-refractivity contribution < 1.29 is 18.3 Å². The molecule has 0 aromatic carbocycles. The predicted octanol–water partition coefficient (Wildman–Crippen LogP) is 3.52. The molecule has 0 radical (unpaired) electrons. The number of rotatable bonds is 5. The molecule has 0 unspecified atom stereocenters. The molecule has 0 saturated heterocycles. The van der Waals surface area contributed by atoms with Gasteiger partial charge in [-0.1, -0.05) is 11.6 Å². The molecule has 3 nitrogen and oxygen atoms in total. The number of ether oxygens (including phenoxy) is 1. The minimum absolute atomic E-state index is 0.0311. The number of hydrogen-bond donors (Lipinski definition) is 0. The Labute approximate surface area is 113 Å². The van der Waals surface area contributed by atoms with Crippen LogP contribution in [0.25, 0.3) is 0 Å². The second kappa shape index (κ2) is 6.85. The number of pyridine rings is 1. The maximum atomic E-state index is 12.5. The van der Waals surface area contributed by atoms with Crippen LogP contribution in [0.4, 0.5) is 8.78 Å². The van der Waals surface area contributed by atoms with E-state index in [1.165, 1.54) is 0 Å². The first kappa shape index (κ1) is 15.1. The maximum Gasteiger partial charge on any atom is 0.310 e. The molecule has 100 valence electrons. The van der Waals surface area contributed by atoms with E-state index >= 15 is 0 Å². The summed E-state index contributed by atoms with van der Waals surface area (Å²) in [6.07, 6.45) is -2.87.